The topological polar surface area (TPSA) is 48.4 Å². The van der Waals surface area contributed by atoms with Crippen molar-refractivity contribution < 1.29 is 14.3 Å². The van der Waals surface area contributed by atoms with Gasteiger partial charge in [-0.05, 0) is 61.0 Å². The molecule has 4 nitrogen and oxygen atoms in total. The molecule has 0 bridgehead atoms. The lowest BCUT2D eigenvalue weighted by atomic mass is 9.92. The molecule has 4 aromatic rings. The second-order valence-electron chi connectivity index (χ2n) is 7.28. The predicted octanol–water partition coefficient (Wildman–Crippen LogP) is 6.89. The van der Waals surface area contributed by atoms with Gasteiger partial charge in [-0.25, -0.2) is 0 Å². The van der Waals surface area contributed by atoms with Crippen molar-refractivity contribution in [2.75, 3.05) is 14.2 Å². The van der Waals surface area contributed by atoms with Crippen molar-refractivity contribution >= 4 is 38.7 Å². The van der Waals surface area contributed by atoms with E-state index in [0.29, 0.717) is 22.8 Å². The summed E-state index contributed by atoms with van der Waals surface area (Å²) >= 11 is 3.56. The number of halogens is 1. The quantitative estimate of drug-likeness (QED) is 0.219. The van der Waals surface area contributed by atoms with Crippen LogP contribution in [0.3, 0.4) is 0 Å². The summed E-state index contributed by atoms with van der Waals surface area (Å²) in [5, 5.41) is 0.923. The first-order valence-corrected chi connectivity index (χ1v) is 10.9. The zero-order valence-electron chi connectivity index (χ0n) is 18.1. The van der Waals surface area contributed by atoms with Crippen molar-refractivity contribution in [2.45, 2.75) is 6.92 Å². The van der Waals surface area contributed by atoms with E-state index >= 15 is 0 Å². The van der Waals surface area contributed by atoms with Crippen molar-refractivity contribution in [3.63, 3.8) is 0 Å². The fourth-order valence-electron chi connectivity index (χ4n) is 3.78. The van der Waals surface area contributed by atoms with Crippen LogP contribution in [-0.2, 0) is 0 Å². The number of carbonyl (C=O) groups excluding carboxylic acids is 1. The summed E-state index contributed by atoms with van der Waals surface area (Å²) in [6, 6.07) is 21.3. The third kappa shape index (κ3) is 4.30. The number of benzene rings is 3. The van der Waals surface area contributed by atoms with Crippen molar-refractivity contribution in [2.24, 2.45) is 0 Å². The molecule has 0 N–H and O–H groups in total. The minimum Gasteiger partial charge on any atom is -0.497 e. The second kappa shape index (κ2) is 9.37. The monoisotopic (exact) mass is 487 g/mol. The van der Waals surface area contributed by atoms with E-state index in [-0.39, 0.29) is 5.78 Å². The van der Waals surface area contributed by atoms with E-state index in [2.05, 4.69) is 15.9 Å². The minimum atomic E-state index is -0.124. The molecule has 0 aliphatic heterocycles. The SMILES string of the molecule is COc1ccc(OC)c(C=CC(=O)c2c(C)nc3ccc(Br)cc3c2-c2ccccc2)c1. The number of carbonyl (C=O) groups is 1. The number of fused-ring (bicyclic) bond motifs is 1. The molecular formula is C27H22BrNO3. The van der Waals surface area contributed by atoms with Crippen molar-refractivity contribution in [1.82, 2.24) is 4.98 Å². The van der Waals surface area contributed by atoms with Gasteiger partial charge in [0.15, 0.2) is 5.78 Å². The molecule has 1 heterocycles. The Balaban J connectivity index is 1.88. The van der Waals surface area contributed by atoms with Gasteiger partial charge in [0.25, 0.3) is 0 Å². The van der Waals surface area contributed by atoms with Gasteiger partial charge in [-0.3, -0.25) is 9.78 Å². The van der Waals surface area contributed by atoms with Crippen molar-refractivity contribution in [3.8, 4) is 22.6 Å². The number of hydrogen-bond acceptors (Lipinski definition) is 4. The molecule has 0 radical (unpaired) electrons. The maximum Gasteiger partial charge on any atom is 0.188 e. The first-order chi connectivity index (χ1) is 15.5. The van der Waals surface area contributed by atoms with Gasteiger partial charge in [0.2, 0.25) is 0 Å². The molecule has 0 unspecified atom stereocenters. The maximum absolute atomic E-state index is 13.5. The van der Waals surface area contributed by atoms with Crippen LogP contribution in [0.1, 0.15) is 21.6 Å². The predicted molar refractivity (Wildman–Crippen MR) is 133 cm³/mol. The Bertz CT molecular complexity index is 1330. The molecule has 0 spiro atoms. The molecule has 0 aliphatic carbocycles. The molecule has 0 atom stereocenters. The summed E-state index contributed by atoms with van der Waals surface area (Å²) in [5.41, 5.74) is 4.72. The molecule has 4 rings (SSSR count). The number of ether oxygens (including phenoxy) is 2. The number of ketones is 1. The Kier molecular flexibility index (Phi) is 6.37. The largest absolute Gasteiger partial charge is 0.497 e. The first kappa shape index (κ1) is 21.8. The highest BCUT2D eigenvalue weighted by Gasteiger charge is 2.19. The van der Waals surface area contributed by atoms with Gasteiger partial charge in [0.05, 0.1) is 25.3 Å². The lowest BCUT2D eigenvalue weighted by Crippen LogP contribution is -2.05. The Morgan fingerprint density at radius 3 is 2.47 bits per heavy atom. The zero-order chi connectivity index (χ0) is 22.7. The molecule has 0 amide bonds. The summed E-state index contributed by atoms with van der Waals surface area (Å²) in [6.45, 7) is 1.88. The van der Waals surface area contributed by atoms with Crippen LogP contribution in [0.2, 0.25) is 0 Å². The van der Waals surface area contributed by atoms with E-state index in [1.807, 2.05) is 73.7 Å². The number of rotatable bonds is 6. The molecular weight excluding hydrogens is 466 g/mol. The van der Waals surface area contributed by atoms with Gasteiger partial charge in [0.1, 0.15) is 11.5 Å². The van der Waals surface area contributed by atoms with Crippen molar-refractivity contribution in [3.05, 3.63) is 94.1 Å². The van der Waals surface area contributed by atoms with Gasteiger partial charge in [-0.15, -0.1) is 0 Å². The van der Waals surface area contributed by atoms with Crippen LogP contribution in [-0.4, -0.2) is 25.0 Å². The van der Waals surface area contributed by atoms with Crippen LogP contribution < -0.4 is 9.47 Å². The van der Waals surface area contributed by atoms with Crippen LogP contribution >= 0.6 is 15.9 Å². The fourth-order valence-corrected chi connectivity index (χ4v) is 4.14. The van der Waals surface area contributed by atoms with Crippen molar-refractivity contribution in [1.29, 1.82) is 0 Å². The van der Waals surface area contributed by atoms with Gasteiger partial charge in [-0.1, -0.05) is 46.3 Å². The summed E-state index contributed by atoms with van der Waals surface area (Å²) in [7, 11) is 3.21. The highest BCUT2D eigenvalue weighted by Crippen LogP contribution is 2.35. The number of allylic oxidation sites excluding steroid dienone is 1. The number of hydrogen-bond donors (Lipinski definition) is 0. The molecule has 0 aliphatic rings. The number of aryl methyl sites for hydroxylation is 1. The molecule has 0 fully saturated rings. The van der Waals surface area contributed by atoms with Gasteiger partial charge in [-0.2, -0.15) is 0 Å². The highest BCUT2D eigenvalue weighted by atomic mass is 79.9. The summed E-state index contributed by atoms with van der Waals surface area (Å²) in [4.78, 5) is 18.2. The average molecular weight is 488 g/mol. The Labute approximate surface area is 195 Å². The first-order valence-electron chi connectivity index (χ1n) is 10.1. The molecule has 1 aromatic heterocycles. The average Bonchev–Trinajstić information content (AvgIpc) is 2.82. The van der Waals surface area contributed by atoms with Crippen LogP contribution in [0.4, 0.5) is 0 Å². The Morgan fingerprint density at radius 2 is 1.75 bits per heavy atom. The minimum absolute atomic E-state index is 0.124. The molecule has 0 saturated heterocycles. The zero-order valence-corrected chi connectivity index (χ0v) is 19.6. The molecule has 5 heteroatoms. The maximum atomic E-state index is 13.5. The normalized spacial score (nSPS) is 11.1. The molecule has 32 heavy (non-hydrogen) atoms. The van der Waals surface area contributed by atoms with Gasteiger partial charge < -0.3 is 9.47 Å². The summed E-state index contributed by atoms with van der Waals surface area (Å²) in [5.74, 6) is 1.23. The third-order valence-corrected chi connectivity index (χ3v) is 5.78. The fraction of sp³-hybridized carbons (Fsp3) is 0.111. The van der Waals surface area contributed by atoms with Gasteiger partial charge in [0, 0.05) is 26.7 Å². The third-order valence-electron chi connectivity index (χ3n) is 5.29. The van der Waals surface area contributed by atoms with E-state index in [9.17, 15) is 4.79 Å². The number of pyridine rings is 1. The summed E-state index contributed by atoms with van der Waals surface area (Å²) in [6.07, 6.45) is 3.32. The highest BCUT2D eigenvalue weighted by molar-refractivity contribution is 9.10. The standard InChI is InChI=1S/C27H22BrNO3/c1-17-26(24(30)13-9-19-15-21(31-2)11-14-25(19)32-3)27(18-7-5-4-6-8-18)22-16-20(28)10-12-23(22)29-17/h4-16H,1-3H3. The van der Waals surface area contributed by atoms with E-state index in [1.54, 1.807) is 26.4 Å². The molecule has 0 saturated carbocycles. The molecule has 3 aromatic carbocycles. The lowest BCUT2D eigenvalue weighted by Gasteiger charge is -2.14. The van der Waals surface area contributed by atoms with E-state index in [0.717, 1.165) is 32.1 Å². The number of nitrogens with zero attached hydrogens (tertiary/aromatic N) is 1. The van der Waals surface area contributed by atoms with Crippen LogP contribution in [0.5, 0.6) is 11.5 Å². The number of aromatic nitrogens is 1. The van der Waals surface area contributed by atoms with E-state index < -0.39 is 0 Å². The van der Waals surface area contributed by atoms with Crippen LogP contribution in [0.15, 0.2) is 77.3 Å². The van der Waals surface area contributed by atoms with Crippen LogP contribution in [0.25, 0.3) is 28.1 Å². The summed E-state index contributed by atoms with van der Waals surface area (Å²) < 4.78 is 11.7. The lowest BCUT2D eigenvalue weighted by molar-refractivity contribution is 0.104. The second-order valence-corrected chi connectivity index (χ2v) is 8.20. The number of methoxy groups -OCH3 is 2. The smallest absolute Gasteiger partial charge is 0.188 e. The Hall–Kier alpha value is -3.44. The van der Waals surface area contributed by atoms with Gasteiger partial charge >= 0.3 is 0 Å². The van der Waals surface area contributed by atoms with E-state index in [1.165, 1.54) is 0 Å². The van der Waals surface area contributed by atoms with Crippen LogP contribution in [0, 0.1) is 6.92 Å². The Morgan fingerprint density at radius 1 is 0.969 bits per heavy atom. The van der Waals surface area contributed by atoms with E-state index in [4.69, 9.17) is 14.5 Å². The molecule has 160 valence electrons.